The number of aromatic nitrogens is 1. The third-order valence-electron chi connectivity index (χ3n) is 3.85. The van der Waals surface area contributed by atoms with Crippen LogP contribution < -0.4 is 5.56 Å². The Morgan fingerprint density at radius 2 is 1.83 bits per heavy atom. The molecule has 2 aromatic carbocycles. The molecule has 1 aromatic heterocycles. The topological polar surface area (TPSA) is 53.2 Å². The van der Waals surface area contributed by atoms with Gasteiger partial charge in [-0.05, 0) is 42.1 Å². The van der Waals surface area contributed by atoms with E-state index in [-0.39, 0.29) is 18.0 Å². The molecule has 1 N–H and O–H groups in total. The Labute approximate surface area is 134 Å². The molecular weight excluding hydrogens is 288 g/mol. The summed E-state index contributed by atoms with van der Waals surface area (Å²) in [5.41, 5.74) is 2.94. The lowest BCUT2D eigenvalue weighted by Gasteiger charge is -2.17. The van der Waals surface area contributed by atoms with Crippen molar-refractivity contribution >= 4 is 16.8 Å². The standard InChI is InChI=1S/C19H18N2O2/c1-13-8-9-15-11-16(18(22)20-17(15)10-13)12-21(2)19(23)14-6-4-3-5-7-14/h3-11H,12H2,1-2H3,(H,20,22). The number of carbonyl (C=O) groups excluding carboxylic acids is 1. The van der Waals surface area contributed by atoms with Crippen LogP contribution in [0.4, 0.5) is 0 Å². The number of amides is 1. The molecule has 0 aliphatic rings. The summed E-state index contributed by atoms with van der Waals surface area (Å²) in [6.45, 7) is 2.25. The monoisotopic (exact) mass is 306 g/mol. The molecule has 0 saturated heterocycles. The first-order valence-electron chi connectivity index (χ1n) is 7.47. The lowest BCUT2D eigenvalue weighted by atomic mass is 10.1. The SMILES string of the molecule is Cc1ccc2cc(CN(C)C(=O)c3ccccc3)c(=O)[nH]c2c1. The molecule has 23 heavy (non-hydrogen) atoms. The molecule has 0 aliphatic carbocycles. The number of hydrogen-bond donors (Lipinski definition) is 1. The van der Waals surface area contributed by atoms with Crippen LogP contribution in [-0.2, 0) is 6.54 Å². The molecule has 0 radical (unpaired) electrons. The van der Waals surface area contributed by atoms with Crippen molar-refractivity contribution in [3.05, 3.63) is 81.6 Å². The molecule has 0 unspecified atom stereocenters. The van der Waals surface area contributed by atoms with E-state index in [0.717, 1.165) is 16.5 Å². The van der Waals surface area contributed by atoms with Crippen LogP contribution in [0.1, 0.15) is 21.5 Å². The third-order valence-corrected chi connectivity index (χ3v) is 3.85. The van der Waals surface area contributed by atoms with E-state index in [9.17, 15) is 9.59 Å². The minimum absolute atomic E-state index is 0.103. The van der Waals surface area contributed by atoms with E-state index < -0.39 is 0 Å². The highest BCUT2D eigenvalue weighted by molar-refractivity contribution is 5.94. The molecule has 0 aliphatic heterocycles. The lowest BCUT2D eigenvalue weighted by Crippen LogP contribution is -2.29. The number of rotatable bonds is 3. The maximum atomic E-state index is 12.4. The van der Waals surface area contributed by atoms with Crippen LogP contribution in [0.3, 0.4) is 0 Å². The largest absolute Gasteiger partial charge is 0.337 e. The molecule has 0 atom stereocenters. The first-order chi connectivity index (χ1) is 11.0. The molecule has 4 heteroatoms. The zero-order valence-electron chi connectivity index (χ0n) is 13.2. The second kappa shape index (κ2) is 6.08. The molecule has 1 heterocycles. The summed E-state index contributed by atoms with van der Waals surface area (Å²) >= 11 is 0. The lowest BCUT2D eigenvalue weighted by molar-refractivity contribution is 0.0784. The summed E-state index contributed by atoms with van der Waals surface area (Å²) in [6.07, 6.45) is 0. The summed E-state index contributed by atoms with van der Waals surface area (Å²) in [7, 11) is 1.70. The van der Waals surface area contributed by atoms with Crippen LogP contribution in [-0.4, -0.2) is 22.8 Å². The number of carbonyl (C=O) groups is 1. The Morgan fingerprint density at radius 3 is 2.57 bits per heavy atom. The summed E-state index contributed by atoms with van der Waals surface area (Å²) < 4.78 is 0. The quantitative estimate of drug-likeness (QED) is 0.808. The van der Waals surface area contributed by atoms with Crippen LogP contribution in [0.25, 0.3) is 10.9 Å². The number of benzene rings is 2. The van der Waals surface area contributed by atoms with Gasteiger partial charge in [0.05, 0.1) is 6.54 Å². The van der Waals surface area contributed by atoms with E-state index in [0.29, 0.717) is 11.1 Å². The Hall–Kier alpha value is -2.88. The fourth-order valence-corrected chi connectivity index (χ4v) is 2.61. The van der Waals surface area contributed by atoms with Gasteiger partial charge in [-0.15, -0.1) is 0 Å². The van der Waals surface area contributed by atoms with Gasteiger partial charge < -0.3 is 9.88 Å². The second-order valence-electron chi connectivity index (χ2n) is 5.74. The van der Waals surface area contributed by atoms with Gasteiger partial charge in [-0.2, -0.15) is 0 Å². The maximum absolute atomic E-state index is 12.4. The second-order valence-corrected chi connectivity index (χ2v) is 5.74. The average Bonchev–Trinajstić information content (AvgIpc) is 2.55. The summed E-state index contributed by atoms with van der Waals surface area (Å²) in [4.78, 5) is 29.1. The number of aromatic amines is 1. The predicted molar refractivity (Wildman–Crippen MR) is 91.5 cm³/mol. The first-order valence-corrected chi connectivity index (χ1v) is 7.47. The number of pyridine rings is 1. The van der Waals surface area contributed by atoms with Gasteiger partial charge in [0.25, 0.3) is 11.5 Å². The van der Waals surface area contributed by atoms with E-state index >= 15 is 0 Å². The van der Waals surface area contributed by atoms with Crippen molar-refractivity contribution in [2.24, 2.45) is 0 Å². The van der Waals surface area contributed by atoms with E-state index in [4.69, 9.17) is 0 Å². The molecule has 0 saturated carbocycles. The number of H-pyrrole nitrogens is 1. The number of hydrogen-bond acceptors (Lipinski definition) is 2. The van der Waals surface area contributed by atoms with Crippen LogP contribution in [0.2, 0.25) is 0 Å². The molecule has 3 rings (SSSR count). The molecule has 0 spiro atoms. The zero-order valence-corrected chi connectivity index (χ0v) is 13.2. The molecule has 3 aromatic rings. The summed E-state index contributed by atoms with van der Waals surface area (Å²) in [5, 5.41) is 0.964. The van der Waals surface area contributed by atoms with Crippen LogP contribution >= 0.6 is 0 Å². The first kappa shape index (κ1) is 15.0. The summed E-state index contributed by atoms with van der Waals surface area (Å²) in [5.74, 6) is -0.103. The van der Waals surface area contributed by atoms with E-state index in [1.807, 2.05) is 49.4 Å². The molecule has 1 amide bonds. The highest BCUT2D eigenvalue weighted by Gasteiger charge is 2.13. The minimum Gasteiger partial charge on any atom is -0.337 e. The van der Waals surface area contributed by atoms with Crippen molar-refractivity contribution in [1.82, 2.24) is 9.88 Å². The minimum atomic E-state index is -0.157. The maximum Gasteiger partial charge on any atom is 0.253 e. The fraction of sp³-hybridized carbons (Fsp3) is 0.158. The Balaban J connectivity index is 1.89. The number of fused-ring (bicyclic) bond motifs is 1. The number of aryl methyl sites for hydroxylation is 1. The average molecular weight is 306 g/mol. The van der Waals surface area contributed by atoms with Gasteiger partial charge in [0.2, 0.25) is 0 Å². The highest BCUT2D eigenvalue weighted by atomic mass is 16.2. The van der Waals surface area contributed by atoms with Crippen molar-refractivity contribution in [3.63, 3.8) is 0 Å². The van der Waals surface area contributed by atoms with Crippen molar-refractivity contribution in [3.8, 4) is 0 Å². The van der Waals surface area contributed by atoms with E-state index in [1.165, 1.54) is 0 Å². The molecular formula is C19H18N2O2. The van der Waals surface area contributed by atoms with Gasteiger partial charge in [-0.3, -0.25) is 9.59 Å². The summed E-state index contributed by atoms with van der Waals surface area (Å²) in [6, 6.07) is 16.8. The van der Waals surface area contributed by atoms with Gasteiger partial charge >= 0.3 is 0 Å². The van der Waals surface area contributed by atoms with E-state index in [1.54, 1.807) is 24.1 Å². The van der Waals surface area contributed by atoms with Gasteiger partial charge in [0.1, 0.15) is 0 Å². The van der Waals surface area contributed by atoms with Crippen LogP contribution in [0.5, 0.6) is 0 Å². The molecule has 4 nitrogen and oxygen atoms in total. The predicted octanol–water partition coefficient (Wildman–Crippen LogP) is 3.11. The van der Waals surface area contributed by atoms with Crippen LogP contribution in [0, 0.1) is 6.92 Å². The van der Waals surface area contributed by atoms with Crippen molar-refractivity contribution < 1.29 is 4.79 Å². The normalized spacial score (nSPS) is 10.7. The van der Waals surface area contributed by atoms with Crippen molar-refractivity contribution in [2.45, 2.75) is 13.5 Å². The smallest absolute Gasteiger partial charge is 0.253 e. The molecule has 0 fully saturated rings. The van der Waals surface area contributed by atoms with Gasteiger partial charge in [-0.1, -0.05) is 30.3 Å². The Bertz CT molecular complexity index is 914. The van der Waals surface area contributed by atoms with Gasteiger partial charge in [0, 0.05) is 23.7 Å². The van der Waals surface area contributed by atoms with Gasteiger partial charge in [-0.25, -0.2) is 0 Å². The molecule has 0 bridgehead atoms. The van der Waals surface area contributed by atoms with Crippen molar-refractivity contribution in [2.75, 3.05) is 7.05 Å². The molecule has 116 valence electrons. The van der Waals surface area contributed by atoms with Crippen molar-refractivity contribution in [1.29, 1.82) is 0 Å². The third kappa shape index (κ3) is 3.16. The fourth-order valence-electron chi connectivity index (χ4n) is 2.61. The van der Waals surface area contributed by atoms with Crippen LogP contribution in [0.15, 0.2) is 59.4 Å². The number of nitrogens with zero attached hydrogens (tertiary/aromatic N) is 1. The highest BCUT2D eigenvalue weighted by Crippen LogP contribution is 2.14. The van der Waals surface area contributed by atoms with E-state index in [2.05, 4.69) is 4.98 Å². The Morgan fingerprint density at radius 1 is 1.09 bits per heavy atom. The van der Waals surface area contributed by atoms with Gasteiger partial charge in [0.15, 0.2) is 0 Å². The number of nitrogens with one attached hydrogen (secondary N) is 1. The Kier molecular flexibility index (Phi) is 3.98. The zero-order chi connectivity index (χ0) is 16.4.